The van der Waals surface area contributed by atoms with E-state index in [1.165, 1.54) is 70.6 Å². The van der Waals surface area contributed by atoms with Gasteiger partial charge in [-0.1, -0.05) is 85.5 Å². The number of aliphatic carboxylic acids is 1. The number of unbranched alkanes of at least 4 members (excludes halogenated alkanes) is 9. The van der Waals surface area contributed by atoms with Crippen molar-refractivity contribution in [2.45, 2.75) is 118 Å². The van der Waals surface area contributed by atoms with Crippen molar-refractivity contribution in [3.05, 3.63) is 0 Å². The topological polar surface area (TPSA) is 37.3 Å². The Labute approximate surface area is 166 Å². The Balaban J connectivity index is 0. The predicted molar refractivity (Wildman–Crippen MR) is 122 cm³/mol. The molecule has 0 aromatic heterocycles. The molecule has 2 nitrogen and oxygen atoms in total. The Kier molecular flexibility index (Phi) is 22.9. The number of carboxylic acid groups (broad SMARTS) is 1. The van der Waals surface area contributed by atoms with E-state index in [4.69, 9.17) is 5.11 Å². The standard InChI is InChI=1S/C13H30P.C10H20O2/c1-5-8-11-14(4,12-9-6-2)13-10-7-3;1-2-3-4-5-6-7-8-9-10(11)12/h5-13H2,1-4H3;2-9H2,1H3,(H,11,12)/q+1;. The van der Waals surface area contributed by atoms with Gasteiger partial charge >= 0.3 is 5.97 Å². The minimum absolute atomic E-state index is 0.341. The van der Waals surface area contributed by atoms with E-state index in [1.54, 1.807) is 18.5 Å². The lowest BCUT2D eigenvalue weighted by Gasteiger charge is -2.22. The summed E-state index contributed by atoms with van der Waals surface area (Å²) < 4.78 is 0. The quantitative estimate of drug-likeness (QED) is 0.201. The average molecular weight is 390 g/mol. The fraction of sp³-hybridized carbons (Fsp3) is 0.957. The molecule has 0 spiro atoms. The molecule has 3 heteroatoms. The van der Waals surface area contributed by atoms with E-state index in [2.05, 4.69) is 34.4 Å². The van der Waals surface area contributed by atoms with Crippen LogP contribution in [0.4, 0.5) is 0 Å². The molecule has 0 aliphatic heterocycles. The van der Waals surface area contributed by atoms with Gasteiger partial charge in [-0.25, -0.2) is 0 Å². The van der Waals surface area contributed by atoms with Gasteiger partial charge in [-0.15, -0.1) is 0 Å². The summed E-state index contributed by atoms with van der Waals surface area (Å²) in [6, 6.07) is 0. The molecule has 0 aromatic carbocycles. The van der Waals surface area contributed by atoms with Crippen molar-refractivity contribution < 1.29 is 9.90 Å². The first-order valence-electron chi connectivity index (χ1n) is 11.5. The lowest BCUT2D eigenvalue weighted by molar-refractivity contribution is -0.137. The molecule has 0 rings (SSSR count). The molecule has 0 unspecified atom stereocenters. The predicted octanol–water partition coefficient (Wildman–Crippen LogP) is 8.25. The lowest BCUT2D eigenvalue weighted by atomic mass is 10.1. The zero-order chi connectivity index (χ0) is 20.1. The SMILES string of the molecule is CCCCCCCCCC(=O)O.CCCC[P+](C)(CCCC)CCCC. The largest absolute Gasteiger partial charge is 0.481 e. The molecule has 0 aromatic rings. The van der Waals surface area contributed by atoms with Crippen LogP contribution in [0, 0.1) is 0 Å². The zero-order valence-corrected chi connectivity index (χ0v) is 19.7. The van der Waals surface area contributed by atoms with Gasteiger partial charge in [0, 0.05) is 20.3 Å². The van der Waals surface area contributed by atoms with Crippen molar-refractivity contribution >= 4 is 13.2 Å². The first-order valence-corrected chi connectivity index (χ1v) is 14.3. The smallest absolute Gasteiger partial charge is 0.303 e. The van der Waals surface area contributed by atoms with Crippen LogP contribution in [0.25, 0.3) is 0 Å². The maximum Gasteiger partial charge on any atom is 0.303 e. The molecular weight excluding hydrogens is 339 g/mol. The first-order chi connectivity index (χ1) is 12.5. The van der Waals surface area contributed by atoms with E-state index in [0.717, 1.165) is 12.8 Å². The zero-order valence-electron chi connectivity index (χ0n) is 18.8. The van der Waals surface area contributed by atoms with Crippen molar-refractivity contribution in [1.29, 1.82) is 0 Å². The van der Waals surface area contributed by atoms with Crippen LogP contribution >= 0.6 is 7.26 Å². The highest BCUT2D eigenvalue weighted by Crippen LogP contribution is 2.57. The van der Waals surface area contributed by atoms with Crippen molar-refractivity contribution in [2.75, 3.05) is 25.2 Å². The van der Waals surface area contributed by atoms with Crippen molar-refractivity contribution in [1.82, 2.24) is 0 Å². The molecule has 0 atom stereocenters. The summed E-state index contributed by atoms with van der Waals surface area (Å²) in [5, 5.41) is 8.35. The Morgan fingerprint density at radius 1 is 0.615 bits per heavy atom. The van der Waals surface area contributed by atoms with E-state index in [1.807, 2.05) is 0 Å². The van der Waals surface area contributed by atoms with Crippen LogP contribution in [0.15, 0.2) is 0 Å². The highest BCUT2D eigenvalue weighted by Gasteiger charge is 2.28. The van der Waals surface area contributed by atoms with Crippen molar-refractivity contribution in [2.24, 2.45) is 0 Å². The third-order valence-corrected chi connectivity index (χ3v) is 9.34. The third-order valence-electron chi connectivity index (χ3n) is 5.15. The van der Waals surface area contributed by atoms with Gasteiger partial charge < -0.3 is 5.11 Å². The van der Waals surface area contributed by atoms with Crippen LogP contribution in [0.5, 0.6) is 0 Å². The fourth-order valence-electron chi connectivity index (χ4n) is 3.19. The highest BCUT2D eigenvalue weighted by atomic mass is 31.2. The second-order valence-corrected chi connectivity index (χ2v) is 12.7. The summed E-state index contributed by atoms with van der Waals surface area (Å²) in [4.78, 5) is 10.1. The van der Waals surface area contributed by atoms with E-state index < -0.39 is 13.2 Å². The van der Waals surface area contributed by atoms with Gasteiger partial charge in [-0.05, 0) is 25.7 Å². The molecule has 26 heavy (non-hydrogen) atoms. The van der Waals surface area contributed by atoms with Gasteiger partial charge in [0.15, 0.2) is 0 Å². The summed E-state index contributed by atoms with van der Waals surface area (Å²) in [6.45, 7) is 11.8. The van der Waals surface area contributed by atoms with Crippen LogP contribution in [-0.4, -0.2) is 36.2 Å². The molecule has 0 saturated carbocycles. The summed E-state index contributed by atoms with van der Waals surface area (Å²) in [7, 11) is -0.519. The minimum atomic E-state index is -0.663. The lowest BCUT2D eigenvalue weighted by Crippen LogP contribution is -2.07. The monoisotopic (exact) mass is 389 g/mol. The molecule has 0 saturated heterocycles. The summed E-state index contributed by atoms with van der Waals surface area (Å²) in [6.07, 6.45) is 21.9. The molecule has 0 aliphatic rings. The molecule has 1 N–H and O–H groups in total. The van der Waals surface area contributed by atoms with Crippen LogP contribution in [0.2, 0.25) is 0 Å². The number of hydrogen-bond acceptors (Lipinski definition) is 1. The van der Waals surface area contributed by atoms with E-state index in [-0.39, 0.29) is 0 Å². The van der Waals surface area contributed by atoms with Gasteiger partial charge in [0.2, 0.25) is 0 Å². The second kappa shape index (κ2) is 21.2. The third kappa shape index (κ3) is 21.9. The summed E-state index contributed by atoms with van der Waals surface area (Å²) in [5.74, 6) is -0.663. The Hall–Kier alpha value is -0.100. The van der Waals surface area contributed by atoms with Crippen molar-refractivity contribution in [3.8, 4) is 0 Å². The van der Waals surface area contributed by atoms with Gasteiger partial charge in [-0.2, -0.15) is 0 Å². The molecule has 0 aliphatic carbocycles. The molecule has 0 heterocycles. The van der Waals surface area contributed by atoms with Gasteiger partial charge in [-0.3, -0.25) is 4.79 Å². The Bertz CT molecular complexity index is 270. The highest BCUT2D eigenvalue weighted by molar-refractivity contribution is 7.75. The van der Waals surface area contributed by atoms with E-state index in [9.17, 15) is 4.79 Å². The van der Waals surface area contributed by atoms with E-state index in [0.29, 0.717) is 6.42 Å². The average Bonchev–Trinajstić information content (AvgIpc) is 2.63. The summed E-state index contributed by atoms with van der Waals surface area (Å²) >= 11 is 0. The molecule has 158 valence electrons. The van der Waals surface area contributed by atoms with Gasteiger partial charge in [0.05, 0.1) is 18.5 Å². The van der Waals surface area contributed by atoms with Crippen LogP contribution in [0.3, 0.4) is 0 Å². The fourth-order valence-corrected chi connectivity index (χ4v) is 7.10. The second-order valence-electron chi connectivity index (χ2n) is 8.12. The van der Waals surface area contributed by atoms with E-state index >= 15 is 0 Å². The van der Waals surface area contributed by atoms with Crippen molar-refractivity contribution in [3.63, 3.8) is 0 Å². The van der Waals surface area contributed by atoms with Crippen LogP contribution in [-0.2, 0) is 4.79 Å². The number of carbonyl (C=O) groups is 1. The molecule has 0 amide bonds. The number of rotatable bonds is 17. The van der Waals surface area contributed by atoms with Crippen LogP contribution in [0.1, 0.15) is 118 Å². The summed E-state index contributed by atoms with van der Waals surface area (Å²) in [5.41, 5.74) is 0. The maximum atomic E-state index is 10.1. The molecular formula is C23H50O2P+. The minimum Gasteiger partial charge on any atom is -0.481 e. The maximum absolute atomic E-state index is 10.1. The van der Waals surface area contributed by atoms with Gasteiger partial charge in [0.1, 0.15) is 0 Å². The normalized spacial score (nSPS) is 11.1. The van der Waals surface area contributed by atoms with Gasteiger partial charge in [0.25, 0.3) is 0 Å². The first kappa shape index (κ1) is 28.1. The Morgan fingerprint density at radius 3 is 1.31 bits per heavy atom. The molecule has 0 radical (unpaired) electrons. The molecule has 0 fully saturated rings. The number of hydrogen-bond donors (Lipinski definition) is 1. The Morgan fingerprint density at radius 2 is 0.962 bits per heavy atom. The molecule has 0 bridgehead atoms. The van der Waals surface area contributed by atoms with Crippen LogP contribution < -0.4 is 0 Å². The number of carboxylic acids is 1.